The summed E-state index contributed by atoms with van der Waals surface area (Å²) < 4.78 is 34.4. The van der Waals surface area contributed by atoms with E-state index in [2.05, 4.69) is 5.32 Å². The number of fused-ring (bicyclic) bond motifs is 1. The van der Waals surface area contributed by atoms with Gasteiger partial charge >= 0.3 is 0 Å². The summed E-state index contributed by atoms with van der Waals surface area (Å²) in [5.74, 6) is -3.15. The number of halogens is 3. The summed E-state index contributed by atoms with van der Waals surface area (Å²) in [6, 6.07) is 5.26. The number of alkyl halides is 2. The zero-order valence-electron chi connectivity index (χ0n) is 15.2. The molecule has 8 heteroatoms. The topological polar surface area (TPSA) is 42.7 Å². The van der Waals surface area contributed by atoms with Crippen LogP contribution in [-0.4, -0.2) is 44.3 Å². The summed E-state index contributed by atoms with van der Waals surface area (Å²) >= 11 is 6.31. The fraction of sp³-hybridized carbons (Fsp3) is 0.526. The molecule has 0 bridgehead atoms. The Bertz CT molecular complexity index is 842. The number of hydrogen-bond donors (Lipinski definition) is 1. The van der Waals surface area contributed by atoms with E-state index in [9.17, 15) is 13.6 Å². The van der Waals surface area contributed by atoms with Crippen LogP contribution in [0.15, 0.2) is 24.4 Å². The Morgan fingerprint density at radius 2 is 2.22 bits per heavy atom. The third-order valence-corrected chi connectivity index (χ3v) is 5.36. The van der Waals surface area contributed by atoms with Crippen LogP contribution in [0.25, 0.3) is 5.52 Å². The van der Waals surface area contributed by atoms with Gasteiger partial charge in [0.05, 0.1) is 30.6 Å². The molecule has 1 aliphatic rings. The van der Waals surface area contributed by atoms with Gasteiger partial charge in [-0.2, -0.15) is 0 Å². The molecule has 0 aromatic carbocycles. The number of nitrogens with zero attached hydrogens (tertiary/aromatic N) is 1. The highest BCUT2D eigenvalue weighted by atomic mass is 35.5. The molecule has 0 aliphatic heterocycles. The molecule has 144 valence electrons. The van der Waals surface area contributed by atoms with Gasteiger partial charge in [0.25, 0.3) is 5.91 Å². The Labute approximate surface area is 163 Å². The predicted molar refractivity (Wildman–Crippen MR) is 102 cm³/mol. The molecule has 4 nitrogen and oxygen atoms in total. The van der Waals surface area contributed by atoms with E-state index in [0.717, 1.165) is 5.69 Å². The zero-order chi connectivity index (χ0) is 19.7. The van der Waals surface area contributed by atoms with Crippen molar-refractivity contribution in [2.75, 3.05) is 20.3 Å². The lowest BCUT2D eigenvalue weighted by Gasteiger charge is -2.38. The van der Waals surface area contributed by atoms with Crippen LogP contribution in [0.4, 0.5) is 8.78 Å². The first-order valence-electron chi connectivity index (χ1n) is 8.97. The van der Waals surface area contributed by atoms with Crippen molar-refractivity contribution in [3.05, 3.63) is 40.7 Å². The van der Waals surface area contributed by atoms with Gasteiger partial charge in [-0.25, -0.2) is 8.78 Å². The molecule has 2 heterocycles. The molecule has 1 fully saturated rings. The molecule has 0 saturated heterocycles. The summed E-state index contributed by atoms with van der Waals surface area (Å²) in [4.78, 5) is 12.8. The van der Waals surface area contributed by atoms with Gasteiger partial charge in [0.2, 0.25) is 5.92 Å². The van der Waals surface area contributed by atoms with E-state index in [0.29, 0.717) is 42.0 Å². The van der Waals surface area contributed by atoms with E-state index < -0.39 is 17.7 Å². The van der Waals surface area contributed by atoms with Gasteiger partial charge in [-0.15, -0.1) is 0 Å². The van der Waals surface area contributed by atoms with E-state index >= 15 is 0 Å². The number of ether oxygens (including phenoxy) is 1. The lowest BCUT2D eigenvalue weighted by molar-refractivity contribution is -0.0477. The summed E-state index contributed by atoms with van der Waals surface area (Å²) in [5, 5.41) is 2.08. The summed E-state index contributed by atoms with van der Waals surface area (Å²) in [6.07, 6.45) is 2.67. The van der Waals surface area contributed by atoms with Crippen LogP contribution in [0.3, 0.4) is 0 Å². The van der Waals surface area contributed by atoms with Gasteiger partial charge in [0.15, 0.2) is 0 Å². The molecule has 3 rings (SSSR count). The van der Waals surface area contributed by atoms with E-state index in [1.807, 2.05) is 10.6 Å². The molecule has 1 N–H and O–H groups in total. The largest absolute Gasteiger partial charge is 0.384 e. The van der Waals surface area contributed by atoms with Gasteiger partial charge in [-0.3, -0.25) is 4.79 Å². The van der Waals surface area contributed by atoms with Gasteiger partial charge in [-0.05, 0) is 29.9 Å². The predicted octanol–water partition coefficient (Wildman–Crippen LogP) is 4.05. The van der Waals surface area contributed by atoms with Gasteiger partial charge in [0, 0.05) is 44.8 Å². The normalized spacial score (nSPS) is 22.1. The second-order valence-electron chi connectivity index (χ2n) is 7.30. The van der Waals surface area contributed by atoms with E-state index in [1.54, 1.807) is 25.3 Å². The third kappa shape index (κ3) is 4.46. The first-order valence-corrected chi connectivity index (χ1v) is 9.35. The highest BCUT2D eigenvalue weighted by molar-refractivity contribution is 6.35. The first kappa shape index (κ1) is 20.1. The van der Waals surface area contributed by atoms with Crippen LogP contribution in [0.2, 0.25) is 10.3 Å². The highest BCUT2D eigenvalue weighted by Gasteiger charge is 2.42. The number of pyridine rings is 1. The van der Waals surface area contributed by atoms with Crippen LogP contribution in [0.1, 0.15) is 41.7 Å². The molecule has 0 spiro atoms. The molecule has 2 radical (unpaired) electrons. The number of rotatable bonds is 6. The van der Waals surface area contributed by atoms with E-state index in [4.69, 9.17) is 24.2 Å². The van der Waals surface area contributed by atoms with E-state index in [1.165, 1.54) is 0 Å². The van der Waals surface area contributed by atoms with Gasteiger partial charge < -0.3 is 14.5 Å². The fourth-order valence-electron chi connectivity index (χ4n) is 3.75. The SMILES string of the molecule is [B]C1(CNC(=O)c2cc(CCOC)n3cccc(Cl)c23)CCCC(F)(F)C1. The number of nitrogens with one attached hydrogen (secondary N) is 1. The van der Waals surface area contributed by atoms with Crippen LogP contribution in [0.5, 0.6) is 0 Å². The Kier molecular flexibility index (Phi) is 5.82. The molecule has 1 amide bonds. The lowest BCUT2D eigenvalue weighted by atomic mass is 9.59. The number of aromatic nitrogens is 1. The Morgan fingerprint density at radius 3 is 2.93 bits per heavy atom. The lowest BCUT2D eigenvalue weighted by Crippen LogP contribution is -2.40. The van der Waals surface area contributed by atoms with Crippen LogP contribution >= 0.6 is 11.6 Å². The van der Waals surface area contributed by atoms with Crippen molar-refractivity contribution in [1.29, 1.82) is 0 Å². The summed E-state index contributed by atoms with van der Waals surface area (Å²) in [5.41, 5.74) is 1.87. The molecule has 2 aromatic heterocycles. The minimum absolute atomic E-state index is 0.00335. The average molecular weight is 395 g/mol. The van der Waals surface area contributed by atoms with E-state index in [-0.39, 0.29) is 18.9 Å². The molecular formula is C19H22BClF2N2O2. The summed E-state index contributed by atoms with van der Waals surface area (Å²) in [7, 11) is 7.74. The van der Waals surface area contributed by atoms with Crippen molar-refractivity contribution in [3.63, 3.8) is 0 Å². The maximum atomic E-state index is 13.7. The number of hydrogen-bond acceptors (Lipinski definition) is 2. The molecule has 1 unspecified atom stereocenters. The molecule has 27 heavy (non-hydrogen) atoms. The monoisotopic (exact) mass is 394 g/mol. The van der Waals surface area contributed by atoms with Crippen molar-refractivity contribution in [2.24, 2.45) is 0 Å². The van der Waals surface area contributed by atoms with Gasteiger partial charge in [0.1, 0.15) is 0 Å². The minimum atomic E-state index is -2.78. The van der Waals surface area contributed by atoms with Crippen LogP contribution in [-0.2, 0) is 11.2 Å². The van der Waals surface area contributed by atoms with Crippen LogP contribution < -0.4 is 5.32 Å². The standard InChI is InChI=1S/C19H22BClF2N2O2/c1-27-9-5-13-10-14(16-15(21)4-2-8-25(13)16)17(26)24-12-18(20)6-3-7-19(22,23)11-18/h2,4,8,10H,3,5-7,9,11-12H2,1H3,(H,24,26). The number of amides is 1. The van der Waals surface area contributed by atoms with Crippen molar-refractivity contribution in [2.45, 2.75) is 43.3 Å². The van der Waals surface area contributed by atoms with Gasteiger partial charge in [-0.1, -0.05) is 18.0 Å². The zero-order valence-corrected chi connectivity index (χ0v) is 16.0. The van der Waals surface area contributed by atoms with Crippen LogP contribution in [0, 0.1) is 0 Å². The molecule has 1 aliphatic carbocycles. The highest BCUT2D eigenvalue weighted by Crippen LogP contribution is 2.47. The number of carbonyl (C=O) groups excluding carboxylic acids is 1. The summed E-state index contributed by atoms with van der Waals surface area (Å²) in [6.45, 7) is 0.497. The fourth-order valence-corrected chi connectivity index (χ4v) is 4.02. The Hall–Kier alpha value is -1.60. The molecule has 1 saturated carbocycles. The quantitative estimate of drug-likeness (QED) is 0.751. The maximum absolute atomic E-state index is 13.7. The molecule has 1 atom stereocenters. The second-order valence-corrected chi connectivity index (χ2v) is 7.71. The smallest absolute Gasteiger partial charge is 0.253 e. The number of methoxy groups -OCH3 is 1. The maximum Gasteiger partial charge on any atom is 0.253 e. The molecular weight excluding hydrogens is 372 g/mol. The van der Waals surface area contributed by atoms with Crippen molar-refractivity contribution in [1.82, 2.24) is 9.72 Å². The molecule has 2 aromatic rings. The Morgan fingerprint density at radius 1 is 1.44 bits per heavy atom. The Balaban J connectivity index is 1.81. The van der Waals surface area contributed by atoms with Crippen molar-refractivity contribution in [3.8, 4) is 0 Å². The first-order chi connectivity index (χ1) is 12.7. The minimum Gasteiger partial charge on any atom is -0.384 e. The average Bonchev–Trinajstić information content (AvgIpc) is 2.97. The third-order valence-electron chi connectivity index (χ3n) is 5.06. The number of carbonyl (C=O) groups is 1. The van der Waals surface area contributed by atoms with Crippen molar-refractivity contribution >= 4 is 30.9 Å². The van der Waals surface area contributed by atoms with Crippen molar-refractivity contribution < 1.29 is 18.3 Å². The second kappa shape index (κ2) is 7.80.